The van der Waals surface area contributed by atoms with Gasteiger partial charge in [0.1, 0.15) is 0 Å². The van der Waals surface area contributed by atoms with Gasteiger partial charge in [-0.05, 0) is 49.8 Å². The number of carboxylic acids is 2. The van der Waals surface area contributed by atoms with Crippen molar-refractivity contribution >= 4 is 23.7 Å². The summed E-state index contributed by atoms with van der Waals surface area (Å²) in [5, 5.41) is 18.1. The zero-order valence-electron chi connectivity index (χ0n) is 14.9. The van der Waals surface area contributed by atoms with Crippen LogP contribution in [0.5, 0.6) is 0 Å². The predicted octanol–water partition coefficient (Wildman–Crippen LogP) is 4.30. The standard InChI is InChI=1S/C17H18F3NS.C2H2O4/c1-21-12-11-16(13-5-3-2-4-6-13)22-15-9-7-14(8-10-15)17(18,19)20;3-1(4)2(5)6/h2-10,16,21H,11-12H2,1H3;(H,3,4)(H,5,6). The second kappa shape index (κ2) is 11.4. The Kier molecular flexibility index (Phi) is 9.54. The first-order valence-electron chi connectivity index (χ1n) is 8.14. The first-order valence-corrected chi connectivity index (χ1v) is 9.02. The number of thioether (sulfide) groups is 1. The van der Waals surface area contributed by atoms with Crippen LogP contribution in [0.3, 0.4) is 0 Å². The van der Waals surface area contributed by atoms with Crippen molar-refractivity contribution in [1.29, 1.82) is 0 Å². The van der Waals surface area contributed by atoms with E-state index in [0.29, 0.717) is 0 Å². The minimum atomic E-state index is -4.28. The predicted molar refractivity (Wildman–Crippen MR) is 100 cm³/mol. The van der Waals surface area contributed by atoms with E-state index >= 15 is 0 Å². The van der Waals surface area contributed by atoms with Gasteiger partial charge in [0.2, 0.25) is 0 Å². The molecule has 2 aromatic rings. The van der Waals surface area contributed by atoms with Crippen LogP contribution in [0.2, 0.25) is 0 Å². The lowest BCUT2D eigenvalue weighted by Gasteiger charge is -2.17. The number of carboxylic acid groups (broad SMARTS) is 2. The van der Waals surface area contributed by atoms with Crippen LogP contribution in [-0.2, 0) is 15.8 Å². The van der Waals surface area contributed by atoms with Gasteiger partial charge in [-0.3, -0.25) is 0 Å². The summed E-state index contributed by atoms with van der Waals surface area (Å²) >= 11 is 1.59. The highest BCUT2D eigenvalue weighted by molar-refractivity contribution is 7.99. The Balaban J connectivity index is 0.000000568. The first kappa shape index (κ1) is 23.5. The number of benzene rings is 2. The van der Waals surface area contributed by atoms with E-state index in [4.69, 9.17) is 19.8 Å². The van der Waals surface area contributed by atoms with Crippen LogP contribution in [0.1, 0.15) is 22.8 Å². The van der Waals surface area contributed by atoms with Gasteiger partial charge in [-0.2, -0.15) is 13.2 Å². The summed E-state index contributed by atoms with van der Waals surface area (Å²) in [6.07, 6.45) is -3.37. The lowest BCUT2D eigenvalue weighted by molar-refractivity contribution is -0.159. The van der Waals surface area contributed by atoms with Crippen LogP contribution in [0.15, 0.2) is 59.5 Å². The molecule has 9 heteroatoms. The number of alkyl halides is 3. The quantitative estimate of drug-likeness (QED) is 0.482. The van der Waals surface area contributed by atoms with Crippen LogP contribution < -0.4 is 5.32 Å². The molecule has 1 atom stereocenters. The molecule has 0 aromatic heterocycles. The molecule has 0 fully saturated rings. The average molecular weight is 415 g/mol. The van der Waals surface area contributed by atoms with Gasteiger partial charge >= 0.3 is 18.1 Å². The highest BCUT2D eigenvalue weighted by Crippen LogP contribution is 2.38. The van der Waals surface area contributed by atoms with Gasteiger partial charge in [0, 0.05) is 10.1 Å². The fourth-order valence-electron chi connectivity index (χ4n) is 2.12. The fraction of sp³-hybridized carbons (Fsp3) is 0.263. The Labute approximate surface area is 164 Å². The third kappa shape index (κ3) is 8.45. The van der Waals surface area contributed by atoms with Crippen LogP contribution in [-0.4, -0.2) is 35.7 Å². The molecule has 5 nitrogen and oxygen atoms in total. The number of aliphatic carboxylic acids is 2. The zero-order chi connectivity index (χ0) is 21.2. The van der Waals surface area contributed by atoms with Crippen molar-refractivity contribution in [2.24, 2.45) is 0 Å². The minimum Gasteiger partial charge on any atom is -0.473 e. The van der Waals surface area contributed by atoms with Gasteiger partial charge in [0.25, 0.3) is 0 Å². The summed E-state index contributed by atoms with van der Waals surface area (Å²) in [5.74, 6) is -3.65. The molecule has 1 unspecified atom stereocenters. The van der Waals surface area contributed by atoms with Gasteiger partial charge in [0.05, 0.1) is 5.56 Å². The molecule has 0 saturated heterocycles. The molecule has 152 valence electrons. The van der Waals surface area contributed by atoms with Crippen molar-refractivity contribution in [3.63, 3.8) is 0 Å². The van der Waals surface area contributed by atoms with Crippen LogP contribution in [0.25, 0.3) is 0 Å². The summed E-state index contributed by atoms with van der Waals surface area (Å²) in [4.78, 5) is 19.0. The molecule has 0 radical (unpaired) electrons. The molecule has 0 bridgehead atoms. The Morgan fingerprint density at radius 3 is 1.96 bits per heavy atom. The van der Waals surface area contributed by atoms with Crippen LogP contribution in [0, 0.1) is 0 Å². The van der Waals surface area contributed by atoms with Gasteiger partial charge < -0.3 is 15.5 Å². The molecule has 0 aliphatic carbocycles. The van der Waals surface area contributed by atoms with E-state index in [1.54, 1.807) is 23.9 Å². The second-order valence-electron chi connectivity index (χ2n) is 5.54. The summed E-state index contributed by atoms with van der Waals surface area (Å²) < 4.78 is 37.8. The number of nitrogens with one attached hydrogen (secondary N) is 1. The van der Waals surface area contributed by atoms with E-state index in [1.165, 1.54) is 5.56 Å². The molecule has 0 aliphatic rings. The monoisotopic (exact) mass is 415 g/mol. The largest absolute Gasteiger partial charge is 0.473 e. The van der Waals surface area contributed by atoms with E-state index < -0.39 is 23.7 Å². The van der Waals surface area contributed by atoms with Crippen molar-refractivity contribution in [3.8, 4) is 0 Å². The summed E-state index contributed by atoms with van der Waals surface area (Å²) in [5.41, 5.74) is 0.575. The van der Waals surface area contributed by atoms with Crippen molar-refractivity contribution in [2.75, 3.05) is 13.6 Å². The van der Waals surface area contributed by atoms with Crippen molar-refractivity contribution < 1.29 is 33.0 Å². The lowest BCUT2D eigenvalue weighted by Crippen LogP contribution is -2.10. The van der Waals surface area contributed by atoms with E-state index in [-0.39, 0.29) is 5.25 Å². The van der Waals surface area contributed by atoms with Crippen LogP contribution >= 0.6 is 11.8 Å². The van der Waals surface area contributed by atoms with Gasteiger partial charge in [-0.1, -0.05) is 30.3 Å². The average Bonchev–Trinajstić information content (AvgIpc) is 2.66. The molecule has 0 saturated carbocycles. The molecular formula is C19H20F3NO4S. The number of hydrogen-bond donors (Lipinski definition) is 3. The molecule has 28 heavy (non-hydrogen) atoms. The van der Waals surface area contributed by atoms with E-state index in [1.807, 2.05) is 25.2 Å². The number of carbonyl (C=O) groups is 2. The summed E-state index contributed by atoms with van der Waals surface area (Å²) in [6, 6.07) is 15.4. The molecule has 3 N–H and O–H groups in total. The van der Waals surface area contributed by atoms with Crippen molar-refractivity contribution in [3.05, 3.63) is 65.7 Å². The van der Waals surface area contributed by atoms with Gasteiger partial charge in [-0.25, -0.2) is 9.59 Å². The fourth-order valence-corrected chi connectivity index (χ4v) is 3.27. The molecule has 2 aromatic carbocycles. The normalized spacial score (nSPS) is 11.9. The summed E-state index contributed by atoms with van der Waals surface area (Å²) in [6.45, 7) is 0.854. The van der Waals surface area contributed by atoms with Crippen molar-refractivity contribution in [1.82, 2.24) is 5.32 Å². The topological polar surface area (TPSA) is 86.6 Å². The number of rotatable bonds is 6. The zero-order valence-corrected chi connectivity index (χ0v) is 15.8. The SMILES string of the molecule is CNCCC(Sc1ccc(C(F)(F)F)cc1)c1ccccc1.O=C(O)C(=O)O. The highest BCUT2D eigenvalue weighted by Gasteiger charge is 2.30. The second-order valence-corrected chi connectivity index (χ2v) is 6.82. The lowest BCUT2D eigenvalue weighted by atomic mass is 10.1. The summed E-state index contributed by atoms with van der Waals surface area (Å²) in [7, 11) is 1.89. The molecule has 2 rings (SSSR count). The molecule has 0 amide bonds. The van der Waals surface area contributed by atoms with Gasteiger partial charge in [0.15, 0.2) is 0 Å². The maximum atomic E-state index is 12.6. The van der Waals surface area contributed by atoms with E-state index in [2.05, 4.69) is 17.4 Å². The molecule has 0 heterocycles. The Morgan fingerprint density at radius 1 is 1.00 bits per heavy atom. The molecular weight excluding hydrogens is 395 g/mol. The van der Waals surface area contributed by atoms with E-state index in [0.717, 1.165) is 30.0 Å². The maximum Gasteiger partial charge on any atom is 0.416 e. The Hall–Kier alpha value is -2.52. The maximum absolute atomic E-state index is 12.6. The smallest absolute Gasteiger partial charge is 0.416 e. The first-order chi connectivity index (χ1) is 13.1. The highest BCUT2D eigenvalue weighted by atomic mass is 32.2. The van der Waals surface area contributed by atoms with Gasteiger partial charge in [-0.15, -0.1) is 11.8 Å². The number of halogens is 3. The third-order valence-corrected chi connectivity index (χ3v) is 4.81. The minimum absolute atomic E-state index is 0.213. The Morgan fingerprint density at radius 2 is 1.54 bits per heavy atom. The third-order valence-electron chi connectivity index (χ3n) is 3.47. The molecule has 0 aliphatic heterocycles. The van der Waals surface area contributed by atoms with Crippen LogP contribution in [0.4, 0.5) is 13.2 Å². The van der Waals surface area contributed by atoms with E-state index in [9.17, 15) is 13.2 Å². The molecule has 0 spiro atoms. The van der Waals surface area contributed by atoms with Crippen molar-refractivity contribution in [2.45, 2.75) is 22.7 Å². The Bertz CT molecular complexity index is 740. The number of hydrogen-bond acceptors (Lipinski definition) is 4.